The third-order valence-corrected chi connectivity index (χ3v) is 3.40. The van der Waals surface area contributed by atoms with Gasteiger partial charge in [0, 0.05) is 30.4 Å². The molecule has 1 aromatic carbocycles. The first kappa shape index (κ1) is 20.8. The molecule has 0 spiro atoms. The van der Waals surface area contributed by atoms with Crippen molar-refractivity contribution in [2.45, 2.75) is 12.8 Å². The molecule has 0 fully saturated rings. The lowest BCUT2D eigenvalue weighted by Crippen LogP contribution is -2.15. The summed E-state index contributed by atoms with van der Waals surface area (Å²) < 4.78 is 19.3. The zero-order chi connectivity index (χ0) is 19.4. The van der Waals surface area contributed by atoms with Crippen LogP contribution in [0.15, 0.2) is 45.8 Å². The third-order valence-electron chi connectivity index (χ3n) is 3.40. The highest BCUT2D eigenvalue weighted by Crippen LogP contribution is 2.24. The molecule has 1 rings (SSSR count). The van der Waals surface area contributed by atoms with Gasteiger partial charge >= 0.3 is 0 Å². The predicted octanol–water partition coefficient (Wildman–Crippen LogP) is 2.23. The van der Waals surface area contributed by atoms with E-state index < -0.39 is 5.82 Å². The van der Waals surface area contributed by atoms with Gasteiger partial charge in [0.1, 0.15) is 13.0 Å². The largest absolute Gasteiger partial charge is 0.494 e. The molecule has 138 valence electrons. The third kappa shape index (κ3) is 6.31. The Hall–Kier alpha value is -3.29. The molecular formula is C18H22FN5O2. The number of hydrogen-bond acceptors (Lipinski definition) is 7. The topological polar surface area (TPSA) is 113 Å². The lowest BCUT2D eigenvalue weighted by Gasteiger charge is -2.09. The van der Waals surface area contributed by atoms with E-state index in [0.717, 1.165) is 11.8 Å². The van der Waals surface area contributed by atoms with Crippen molar-refractivity contribution in [3.05, 3.63) is 52.7 Å². The second-order valence-corrected chi connectivity index (χ2v) is 5.11. The molecule has 0 aliphatic heterocycles. The van der Waals surface area contributed by atoms with Gasteiger partial charge in [-0.15, -0.1) is 0 Å². The van der Waals surface area contributed by atoms with Crippen LogP contribution in [-0.2, 0) is 6.42 Å². The van der Waals surface area contributed by atoms with Crippen molar-refractivity contribution in [2.75, 3.05) is 13.8 Å². The van der Waals surface area contributed by atoms with Gasteiger partial charge in [0.2, 0.25) is 0 Å². The zero-order valence-corrected chi connectivity index (χ0v) is 14.5. The summed E-state index contributed by atoms with van der Waals surface area (Å²) in [5.41, 5.74) is 7.19. The van der Waals surface area contributed by atoms with E-state index >= 15 is 0 Å². The molecule has 7 nitrogen and oxygen atoms in total. The van der Waals surface area contributed by atoms with Gasteiger partial charge < -0.3 is 21.2 Å². The van der Waals surface area contributed by atoms with Gasteiger partial charge in [0.25, 0.3) is 0 Å². The first-order chi connectivity index (χ1) is 12.6. The second kappa shape index (κ2) is 11.3. The number of carbonyl (C=O) groups excluding carboxylic acids is 1. The summed E-state index contributed by atoms with van der Waals surface area (Å²) in [6.07, 6.45) is 6.87. The van der Waals surface area contributed by atoms with E-state index in [1.54, 1.807) is 6.21 Å². The number of nitrogens with one attached hydrogen (secondary N) is 2. The molecule has 0 aliphatic rings. The van der Waals surface area contributed by atoms with Gasteiger partial charge in [-0.1, -0.05) is 0 Å². The zero-order valence-electron chi connectivity index (χ0n) is 14.5. The second-order valence-electron chi connectivity index (χ2n) is 5.11. The number of carbonyl (C=O) groups is 1. The van der Waals surface area contributed by atoms with Crippen LogP contribution in [0.3, 0.4) is 0 Å². The van der Waals surface area contributed by atoms with Gasteiger partial charge in [-0.25, -0.2) is 4.39 Å². The SMILES string of the molecule is C=N/C=C(\C=N/CNC(C=N)=CN)CCc1cc(C=O)cc(OC)c1F. The Bertz CT molecular complexity index is 741. The molecule has 26 heavy (non-hydrogen) atoms. The number of halogens is 1. The summed E-state index contributed by atoms with van der Waals surface area (Å²) in [6, 6.07) is 2.85. The molecule has 8 heteroatoms. The van der Waals surface area contributed by atoms with Crippen molar-refractivity contribution < 1.29 is 13.9 Å². The Balaban J connectivity index is 2.81. The highest BCUT2D eigenvalue weighted by Gasteiger charge is 2.11. The lowest BCUT2D eigenvalue weighted by molar-refractivity contribution is 0.112. The number of aldehydes is 1. The van der Waals surface area contributed by atoms with Gasteiger partial charge in [-0.2, -0.15) is 0 Å². The molecule has 0 aliphatic carbocycles. The minimum absolute atomic E-state index is 0.0302. The molecule has 0 unspecified atom stereocenters. The number of methoxy groups -OCH3 is 1. The monoisotopic (exact) mass is 359 g/mol. The molecule has 0 radical (unpaired) electrons. The molecule has 0 heterocycles. The molecule has 0 atom stereocenters. The number of ether oxygens (including phenoxy) is 1. The van der Waals surface area contributed by atoms with Gasteiger partial charge in [-0.05, 0) is 42.8 Å². The van der Waals surface area contributed by atoms with Crippen molar-refractivity contribution in [2.24, 2.45) is 15.7 Å². The number of allylic oxidation sites excluding steroid dienone is 2. The highest BCUT2D eigenvalue weighted by molar-refractivity contribution is 5.79. The number of aliphatic imine (C=N–C) groups is 2. The van der Waals surface area contributed by atoms with E-state index in [2.05, 4.69) is 22.0 Å². The first-order valence-electron chi connectivity index (χ1n) is 7.72. The Morgan fingerprint density at radius 2 is 2.27 bits per heavy atom. The molecule has 0 amide bonds. The first-order valence-corrected chi connectivity index (χ1v) is 7.72. The smallest absolute Gasteiger partial charge is 0.168 e. The minimum Gasteiger partial charge on any atom is -0.494 e. The molecule has 0 aromatic heterocycles. The minimum atomic E-state index is -0.494. The Kier molecular flexibility index (Phi) is 9.02. The normalized spacial score (nSPS) is 12.1. The highest BCUT2D eigenvalue weighted by atomic mass is 19.1. The average molecular weight is 359 g/mol. The fourth-order valence-electron chi connectivity index (χ4n) is 2.09. The number of hydrogen-bond donors (Lipinski definition) is 3. The lowest BCUT2D eigenvalue weighted by atomic mass is 10.0. The fourth-order valence-corrected chi connectivity index (χ4v) is 2.09. The van der Waals surface area contributed by atoms with Crippen LogP contribution in [0.4, 0.5) is 4.39 Å². The Morgan fingerprint density at radius 1 is 1.50 bits per heavy atom. The van der Waals surface area contributed by atoms with Crippen LogP contribution in [0.25, 0.3) is 0 Å². The van der Waals surface area contributed by atoms with E-state index in [9.17, 15) is 9.18 Å². The van der Waals surface area contributed by atoms with Crippen LogP contribution < -0.4 is 15.8 Å². The number of aryl methyl sites for hydroxylation is 1. The molecule has 0 saturated carbocycles. The molecule has 1 aromatic rings. The summed E-state index contributed by atoms with van der Waals surface area (Å²) in [5.74, 6) is -0.464. The molecule has 0 bridgehead atoms. The summed E-state index contributed by atoms with van der Waals surface area (Å²) >= 11 is 0. The van der Waals surface area contributed by atoms with Crippen LogP contribution in [0.1, 0.15) is 22.3 Å². The quantitative estimate of drug-likeness (QED) is 0.415. The van der Waals surface area contributed by atoms with Crippen molar-refractivity contribution in [1.82, 2.24) is 5.32 Å². The maximum absolute atomic E-state index is 14.3. The van der Waals surface area contributed by atoms with Crippen LogP contribution in [0.2, 0.25) is 0 Å². The van der Waals surface area contributed by atoms with Gasteiger partial charge in [0.15, 0.2) is 11.6 Å². The average Bonchev–Trinajstić information content (AvgIpc) is 2.66. The molecular weight excluding hydrogens is 337 g/mol. The summed E-state index contributed by atoms with van der Waals surface area (Å²) in [4.78, 5) is 18.9. The maximum Gasteiger partial charge on any atom is 0.168 e. The van der Waals surface area contributed by atoms with Crippen LogP contribution in [0.5, 0.6) is 5.75 Å². The van der Waals surface area contributed by atoms with E-state index in [1.165, 1.54) is 31.6 Å². The fraction of sp³-hybridized carbons (Fsp3) is 0.222. The summed E-state index contributed by atoms with van der Waals surface area (Å²) in [5, 5.41) is 9.94. The van der Waals surface area contributed by atoms with E-state index in [0.29, 0.717) is 36.0 Å². The number of nitrogens with two attached hydrogens (primary N) is 1. The van der Waals surface area contributed by atoms with E-state index in [1.807, 2.05) is 0 Å². The van der Waals surface area contributed by atoms with Crippen LogP contribution in [-0.4, -0.2) is 39.2 Å². The van der Waals surface area contributed by atoms with E-state index in [-0.39, 0.29) is 12.4 Å². The van der Waals surface area contributed by atoms with Crippen molar-refractivity contribution in [3.8, 4) is 5.75 Å². The van der Waals surface area contributed by atoms with Crippen molar-refractivity contribution >= 4 is 25.4 Å². The number of nitrogens with zero attached hydrogens (tertiary/aromatic N) is 2. The predicted molar refractivity (Wildman–Crippen MR) is 102 cm³/mol. The standard InChI is InChI=1S/C18H22FN5O2/c1-22-9-13(10-23-12-24-16(7-20)8-21)3-4-15-5-14(11-25)6-17(26-2)18(15)19/h5-11,20,24H,1,3-4,12,21H2,2H3/b13-9-,16-8?,20-7?,23-10-. The van der Waals surface area contributed by atoms with Crippen molar-refractivity contribution in [1.29, 1.82) is 5.41 Å². The molecule has 0 saturated heterocycles. The Labute approximate surface area is 151 Å². The molecule has 4 N–H and O–H groups in total. The van der Waals surface area contributed by atoms with Gasteiger partial charge in [0.05, 0.1) is 12.8 Å². The van der Waals surface area contributed by atoms with E-state index in [4.69, 9.17) is 15.9 Å². The Morgan fingerprint density at radius 3 is 2.85 bits per heavy atom. The maximum atomic E-state index is 14.3. The van der Waals surface area contributed by atoms with Gasteiger partial charge in [-0.3, -0.25) is 14.8 Å². The number of benzene rings is 1. The van der Waals surface area contributed by atoms with Crippen molar-refractivity contribution in [3.63, 3.8) is 0 Å². The van der Waals surface area contributed by atoms with Crippen LogP contribution >= 0.6 is 0 Å². The summed E-state index contributed by atoms with van der Waals surface area (Å²) in [6.45, 7) is 3.63. The summed E-state index contributed by atoms with van der Waals surface area (Å²) in [7, 11) is 1.35. The number of rotatable bonds is 11. The van der Waals surface area contributed by atoms with Crippen LogP contribution in [0, 0.1) is 11.2 Å².